The summed E-state index contributed by atoms with van der Waals surface area (Å²) in [6.45, 7) is 1.24. The summed E-state index contributed by atoms with van der Waals surface area (Å²) >= 11 is 0. The van der Waals surface area contributed by atoms with E-state index in [1.807, 2.05) is 18.2 Å². The van der Waals surface area contributed by atoms with E-state index in [0.717, 1.165) is 17.7 Å². The van der Waals surface area contributed by atoms with E-state index in [1.165, 1.54) is 0 Å². The average molecular weight is 327 g/mol. The number of rotatable bonds is 5. The van der Waals surface area contributed by atoms with Crippen LogP contribution in [0.1, 0.15) is 28.3 Å². The Morgan fingerprint density at radius 1 is 1.17 bits per heavy atom. The highest BCUT2D eigenvalue weighted by atomic mass is 16.5. The lowest BCUT2D eigenvalue weighted by molar-refractivity contribution is 0.0947. The standard InChI is InChI=1S/C19H21NO4/c1-22-15-9-14(10-16(11-15)23-2)19(21)20-12-13-7-8-24-18-6-4-3-5-17(13)18/h3-6,9-11,13H,7-8,12H2,1-2H3,(H,20,21). The highest BCUT2D eigenvalue weighted by Crippen LogP contribution is 2.32. The predicted octanol–water partition coefficient (Wildman–Crippen LogP) is 3.00. The molecule has 1 N–H and O–H groups in total. The fraction of sp³-hybridized carbons (Fsp3) is 0.316. The van der Waals surface area contributed by atoms with Crippen LogP contribution in [0.25, 0.3) is 0 Å². The molecule has 0 aromatic heterocycles. The average Bonchev–Trinajstić information content (AvgIpc) is 2.65. The first-order valence-corrected chi connectivity index (χ1v) is 7.94. The number of nitrogens with one attached hydrogen (secondary N) is 1. The molecule has 1 amide bonds. The first-order chi connectivity index (χ1) is 11.7. The van der Waals surface area contributed by atoms with Crippen molar-refractivity contribution in [3.05, 3.63) is 53.6 Å². The maximum atomic E-state index is 12.5. The van der Waals surface area contributed by atoms with Crippen LogP contribution in [0.2, 0.25) is 0 Å². The zero-order valence-electron chi connectivity index (χ0n) is 13.9. The van der Waals surface area contributed by atoms with Crippen molar-refractivity contribution in [1.29, 1.82) is 0 Å². The molecule has 1 unspecified atom stereocenters. The maximum absolute atomic E-state index is 12.5. The lowest BCUT2D eigenvalue weighted by Gasteiger charge is -2.26. The number of ether oxygens (including phenoxy) is 3. The van der Waals surface area contributed by atoms with Gasteiger partial charge >= 0.3 is 0 Å². The monoisotopic (exact) mass is 327 g/mol. The summed E-state index contributed by atoms with van der Waals surface area (Å²) in [5, 5.41) is 3.01. The Morgan fingerprint density at radius 2 is 1.88 bits per heavy atom. The Labute approximate surface area is 141 Å². The Balaban J connectivity index is 1.70. The third kappa shape index (κ3) is 3.45. The summed E-state index contributed by atoms with van der Waals surface area (Å²) in [6.07, 6.45) is 0.888. The number of benzene rings is 2. The zero-order chi connectivity index (χ0) is 16.9. The Morgan fingerprint density at radius 3 is 2.58 bits per heavy atom. The normalized spacial score (nSPS) is 15.8. The van der Waals surface area contributed by atoms with Crippen LogP contribution in [0.3, 0.4) is 0 Å². The molecule has 0 spiro atoms. The van der Waals surface area contributed by atoms with Crippen LogP contribution in [0.4, 0.5) is 0 Å². The molecule has 0 saturated heterocycles. The molecule has 0 saturated carbocycles. The first kappa shape index (κ1) is 16.2. The lowest BCUT2D eigenvalue weighted by Crippen LogP contribution is -2.30. The van der Waals surface area contributed by atoms with Gasteiger partial charge in [-0.15, -0.1) is 0 Å². The molecule has 3 rings (SSSR count). The summed E-state index contributed by atoms with van der Waals surface area (Å²) in [6, 6.07) is 13.1. The number of carbonyl (C=O) groups excluding carboxylic acids is 1. The lowest BCUT2D eigenvalue weighted by atomic mass is 9.93. The van der Waals surface area contributed by atoms with Gasteiger partial charge in [0.1, 0.15) is 17.2 Å². The van der Waals surface area contributed by atoms with Crippen LogP contribution in [0.5, 0.6) is 17.2 Å². The van der Waals surface area contributed by atoms with E-state index >= 15 is 0 Å². The van der Waals surface area contributed by atoms with Gasteiger partial charge in [0.25, 0.3) is 5.91 Å². The van der Waals surface area contributed by atoms with Gasteiger partial charge in [-0.2, -0.15) is 0 Å². The number of methoxy groups -OCH3 is 2. The second-order valence-electron chi connectivity index (χ2n) is 5.68. The first-order valence-electron chi connectivity index (χ1n) is 7.94. The Bertz CT molecular complexity index is 707. The molecule has 1 aliphatic heterocycles. The predicted molar refractivity (Wildman–Crippen MR) is 91.2 cm³/mol. The van der Waals surface area contributed by atoms with Crippen LogP contribution >= 0.6 is 0 Å². The van der Waals surface area contributed by atoms with Gasteiger partial charge in [0, 0.05) is 24.1 Å². The molecule has 1 heterocycles. The Hall–Kier alpha value is -2.69. The molecule has 1 atom stereocenters. The number of hydrogen-bond donors (Lipinski definition) is 1. The molecule has 0 aliphatic carbocycles. The molecule has 24 heavy (non-hydrogen) atoms. The molecule has 1 aliphatic rings. The van der Waals surface area contributed by atoms with Gasteiger partial charge in [0.05, 0.1) is 20.8 Å². The van der Waals surface area contributed by atoms with E-state index in [1.54, 1.807) is 32.4 Å². The second kappa shape index (κ2) is 7.25. The highest BCUT2D eigenvalue weighted by Gasteiger charge is 2.21. The van der Waals surface area contributed by atoms with E-state index in [9.17, 15) is 4.79 Å². The van der Waals surface area contributed by atoms with Gasteiger partial charge in [0.2, 0.25) is 0 Å². The molecular formula is C19H21NO4. The van der Waals surface area contributed by atoms with E-state index in [2.05, 4.69) is 11.4 Å². The molecule has 0 fully saturated rings. The number of para-hydroxylation sites is 1. The van der Waals surface area contributed by atoms with Gasteiger partial charge in [-0.05, 0) is 30.2 Å². The van der Waals surface area contributed by atoms with E-state index in [0.29, 0.717) is 30.2 Å². The van der Waals surface area contributed by atoms with Crippen LogP contribution in [0, 0.1) is 0 Å². The molecule has 2 aromatic rings. The fourth-order valence-electron chi connectivity index (χ4n) is 2.88. The van der Waals surface area contributed by atoms with E-state index in [4.69, 9.17) is 14.2 Å². The minimum Gasteiger partial charge on any atom is -0.497 e. The smallest absolute Gasteiger partial charge is 0.251 e. The van der Waals surface area contributed by atoms with Crippen molar-refractivity contribution in [1.82, 2.24) is 5.32 Å². The molecule has 2 aromatic carbocycles. The summed E-state index contributed by atoms with van der Waals surface area (Å²) in [4.78, 5) is 12.5. The number of amides is 1. The molecule has 0 radical (unpaired) electrons. The Kier molecular flexibility index (Phi) is 4.89. The number of fused-ring (bicyclic) bond motifs is 1. The van der Waals surface area contributed by atoms with Crippen molar-refractivity contribution in [2.45, 2.75) is 12.3 Å². The molecule has 0 bridgehead atoms. The molecular weight excluding hydrogens is 306 g/mol. The summed E-state index contributed by atoms with van der Waals surface area (Å²) < 4.78 is 16.1. The van der Waals surface area contributed by atoms with Crippen LogP contribution in [-0.4, -0.2) is 33.3 Å². The van der Waals surface area contributed by atoms with Gasteiger partial charge < -0.3 is 19.5 Å². The third-order valence-electron chi connectivity index (χ3n) is 4.21. The maximum Gasteiger partial charge on any atom is 0.251 e. The fourth-order valence-corrected chi connectivity index (χ4v) is 2.88. The third-order valence-corrected chi connectivity index (χ3v) is 4.21. The summed E-state index contributed by atoms with van der Waals surface area (Å²) in [7, 11) is 3.13. The largest absolute Gasteiger partial charge is 0.497 e. The van der Waals surface area contributed by atoms with Crippen molar-refractivity contribution in [2.24, 2.45) is 0 Å². The van der Waals surface area contributed by atoms with Crippen molar-refractivity contribution >= 4 is 5.91 Å². The molecule has 5 nitrogen and oxygen atoms in total. The molecule has 5 heteroatoms. The minimum atomic E-state index is -0.142. The summed E-state index contributed by atoms with van der Waals surface area (Å²) in [5.74, 6) is 2.21. The molecule has 126 valence electrons. The number of carbonyl (C=O) groups is 1. The zero-order valence-corrected chi connectivity index (χ0v) is 13.9. The van der Waals surface area contributed by atoms with Crippen molar-refractivity contribution in [3.8, 4) is 17.2 Å². The van der Waals surface area contributed by atoms with Gasteiger partial charge in [-0.3, -0.25) is 4.79 Å². The SMILES string of the molecule is COc1cc(OC)cc(C(=O)NCC2CCOc3ccccc32)c1. The van der Waals surface area contributed by atoms with Crippen molar-refractivity contribution < 1.29 is 19.0 Å². The van der Waals surface area contributed by atoms with Crippen molar-refractivity contribution in [3.63, 3.8) is 0 Å². The van der Waals surface area contributed by atoms with Crippen LogP contribution < -0.4 is 19.5 Å². The number of hydrogen-bond acceptors (Lipinski definition) is 4. The summed E-state index contributed by atoms with van der Waals surface area (Å²) in [5.41, 5.74) is 1.67. The van der Waals surface area contributed by atoms with E-state index in [-0.39, 0.29) is 11.8 Å². The van der Waals surface area contributed by atoms with Crippen LogP contribution in [-0.2, 0) is 0 Å². The van der Waals surface area contributed by atoms with Gasteiger partial charge in [-0.25, -0.2) is 0 Å². The highest BCUT2D eigenvalue weighted by molar-refractivity contribution is 5.95. The van der Waals surface area contributed by atoms with Gasteiger partial charge in [0.15, 0.2) is 0 Å². The second-order valence-corrected chi connectivity index (χ2v) is 5.68. The van der Waals surface area contributed by atoms with Gasteiger partial charge in [-0.1, -0.05) is 18.2 Å². The van der Waals surface area contributed by atoms with Crippen molar-refractivity contribution in [2.75, 3.05) is 27.4 Å². The quantitative estimate of drug-likeness (QED) is 0.917. The minimum absolute atomic E-state index is 0.142. The topological polar surface area (TPSA) is 56.8 Å². The van der Waals surface area contributed by atoms with E-state index < -0.39 is 0 Å². The van der Waals surface area contributed by atoms with Crippen LogP contribution in [0.15, 0.2) is 42.5 Å².